The summed E-state index contributed by atoms with van der Waals surface area (Å²) in [6.07, 6.45) is 1.10. The molecule has 8 nitrogen and oxygen atoms in total. The topological polar surface area (TPSA) is 106 Å². The number of pyridine rings is 2. The Kier molecular flexibility index (Phi) is 5.59. The maximum absolute atomic E-state index is 12.9. The number of nitrogens with zero attached hydrogens (tertiary/aromatic N) is 5. The number of rotatable bonds is 6. The average Bonchev–Trinajstić information content (AvgIpc) is 3.06. The zero-order valence-corrected chi connectivity index (χ0v) is 15.4. The molecule has 0 saturated carbocycles. The molecule has 0 fully saturated rings. The van der Waals surface area contributed by atoms with Crippen molar-refractivity contribution in [2.45, 2.75) is 6.42 Å². The van der Waals surface area contributed by atoms with Gasteiger partial charge in [-0.1, -0.05) is 0 Å². The van der Waals surface area contributed by atoms with Gasteiger partial charge in [0.15, 0.2) is 0 Å². The maximum Gasteiger partial charge on any atom is 0.349 e. The van der Waals surface area contributed by atoms with Crippen molar-refractivity contribution in [1.82, 2.24) is 24.7 Å². The van der Waals surface area contributed by atoms with Crippen LogP contribution in [-0.4, -0.2) is 45.4 Å². The van der Waals surface area contributed by atoms with Crippen molar-refractivity contribution in [3.8, 4) is 16.9 Å². The van der Waals surface area contributed by atoms with Crippen LogP contribution in [0.15, 0.2) is 53.1 Å². The van der Waals surface area contributed by atoms with Gasteiger partial charge in [0, 0.05) is 50.6 Å². The molecule has 146 valence electrons. The minimum atomic E-state index is -1.88. The van der Waals surface area contributed by atoms with Crippen LogP contribution in [-0.2, 0) is 6.42 Å². The van der Waals surface area contributed by atoms with Gasteiger partial charge < -0.3 is 10.6 Å². The molecule has 10 heteroatoms. The number of nitrogens with one attached hydrogen (secondary N) is 1. The lowest BCUT2D eigenvalue weighted by Crippen LogP contribution is -2.19. The molecule has 0 aromatic carbocycles. The highest BCUT2D eigenvalue weighted by atomic mass is 19.3. The minimum Gasteiger partial charge on any atom is -0.363 e. The SMILES string of the molecule is CN(C)c1ccc(-c2ccnc(-n3c(CC(CN)=C(F)F)n[nH]c3=O)c2)cn1. The molecule has 0 aliphatic rings. The highest BCUT2D eigenvalue weighted by molar-refractivity contribution is 5.65. The van der Waals surface area contributed by atoms with Gasteiger partial charge >= 0.3 is 5.69 Å². The Balaban J connectivity index is 2.00. The normalized spacial score (nSPS) is 10.8. The van der Waals surface area contributed by atoms with E-state index in [0.717, 1.165) is 21.5 Å². The van der Waals surface area contributed by atoms with Crippen LogP contribution in [0.25, 0.3) is 16.9 Å². The summed E-state index contributed by atoms with van der Waals surface area (Å²) in [6.45, 7) is -0.333. The second kappa shape index (κ2) is 8.09. The summed E-state index contributed by atoms with van der Waals surface area (Å²) in [6, 6.07) is 7.21. The number of H-pyrrole nitrogens is 1. The van der Waals surface area contributed by atoms with Gasteiger partial charge in [-0.2, -0.15) is 13.9 Å². The molecule has 0 aliphatic heterocycles. The molecule has 0 atom stereocenters. The van der Waals surface area contributed by atoms with Gasteiger partial charge in [-0.3, -0.25) is 0 Å². The van der Waals surface area contributed by atoms with Gasteiger partial charge in [0.2, 0.25) is 0 Å². The van der Waals surface area contributed by atoms with Crippen LogP contribution in [0, 0.1) is 0 Å². The number of halogens is 2. The molecule has 0 saturated heterocycles. The third-order valence-corrected chi connectivity index (χ3v) is 4.14. The van der Waals surface area contributed by atoms with E-state index in [2.05, 4.69) is 20.2 Å². The van der Waals surface area contributed by atoms with Crippen LogP contribution in [0.1, 0.15) is 5.82 Å². The van der Waals surface area contributed by atoms with Crippen molar-refractivity contribution < 1.29 is 8.78 Å². The highest BCUT2D eigenvalue weighted by Gasteiger charge is 2.16. The molecular formula is C18H19F2N7O. The van der Waals surface area contributed by atoms with E-state index in [1.807, 2.05) is 31.1 Å². The molecular weight excluding hydrogens is 368 g/mol. The van der Waals surface area contributed by atoms with Gasteiger partial charge in [-0.15, -0.1) is 0 Å². The van der Waals surface area contributed by atoms with Crippen molar-refractivity contribution in [2.24, 2.45) is 5.73 Å². The lowest BCUT2D eigenvalue weighted by Gasteiger charge is -2.12. The lowest BCUT2D eigenvalue weighted by atomic mass is 10.1. The number of hydrogen-bond donors (Lipinski definition) is 2. The summed E-state index contributed by atoms with van der Waals surface area (Å²) in [5.74, 6) is 1.17. The second-order valence-corrected chi connectivity index (χ2v) is 6.23. The van der Waals surface area contributed by atoms with E-state index in [1.165, 1.54) is 6.20 Å². The Labute approximate surface area is 159 Å². The third-order valence-electron chi connectivity index (χ3n) is 4.14. The van der Waals surface area contributed by atoms with E-state index in [9.17, 15) is 13.6 Å². The minimum absolute atomic E-state index is 0.101. The van der Waals surface area contributed by atoms with Crippen molar-refractivity contribution in [2.75, 3.05) is 25.5 Å². The molecule has 3 N–H and O–H groups in total. The number of hydrogen-bond acceptors (Lipinski definition) is 6. The predicted molar refractivity (Wildman–Crippen MR) is 102 cm³/mol. The van der Waals surface area contributed by atoms with Crippen LogP contribution >= 0.6 is 0 Å². The van der Waals surface area contributed by atoms with E-state index >= 15 is 0 Å². The zero-order chi connectivity index (χ0) is 20.3. The lowest BCUT2D eigenvalue weighted by molar-refractivity contribution is 0.407. The Morgan fingerprint density at radius 3 is 2.61 bits per heavy atom. The molecule has 0 radical (unpaired) electrons. The Hall–Kier alpha value is -3.40. The summed E-state index contributed by atoms with van der Waals surface area (Å²) in [7, 11) is 3.79. The zero-order valence-electron chi connectivity index (χ0n) is 15.4. The summed E-state index contributed by atoms with van der Waals surface area (Å²) in [4.78, 5) is 22.6. The molecule has 3 heterocycles. The fourth-order valence-electron chi connectivity index (χ4n) is 2.63. The molecule has 3 aromatic heterocycles. The summed E-state index contributed by atoms with van der Waals surface area (Å²) < 4.78 is 27.1. The average molecular weight is 387 g/mol. The summed E-state index contributed by atoms with van der Waals surface area (Å²) >= 11 is 0. The fourth-order valence-corrected chi connectivity index (χ4v) is 2.63. The molecule has 0 spiro atoms. The Bertz CT molecular complexity index is 1050. The number of aromatic amines is 1. The van der Waals surface area contributed by atoms with E-state index in [4.69, 9.17) is 5.73 Å². The predicted octanol–water partition coefficient (Wildman–Crippen LogP) is 1.74. The van der Waals surface area contributed by atoms with Gasteiger partial charge in [0.1, 0.15) is 17.5 Å². The molecule has 0 amide bonds. The third kappa shape index (κ3) is 3.96. The second-order valence-electron chi connectivity index (χ2n) is 6.23. The van der Waals surface area contributed by atoms with Gasteiger partial charge in [-0.25, -0.2) is 24.4 Å². The van der Waals surface area contributed by atoms with E-state index < -0.39 is 11.8 Å². The monoisotopic (exact) mass is 387 g/mol. The Morgan fingerprint density at radius 1 is 1.21 bits per heavy atom. The van der Waals surface area contributed by atoms with E-state index in [0.29, 0.717) is 0 Å². The van der Waals surface area contributed by atoms with Gasteiger partial charge in [0.05, 0.1) is 0 Å². The van der Waals surface area contributed by atoms with E-state index in [-0.39, 0.29) is 30.2 Å². The largest absolute Gasteiger partial charge is 0.363 e. The van der Waals surface area contributed by atoms with Gasteiger partial charge in [0.25, 0.3) is 6.08 Å². The highest BCUT2D eigenvalue weighted by Crippen LogP contribution is 2.22. The van der Waals surface area contributed by atoms with Crippen LogP contribution in [0.4, 0.5) is 14.6 Å². The first-order valence-electron chi connectivity index (χ1n) is 8.40. The molecule has 0 bridgehead atoms. The Morgan fingerprint density at radius 2 is 2.00 bits per heavy atom. The number of anilines is 1. The van der Waals surface area contributed by atoms with Crippen LogP contribution in [0.2, 0.25) is 0 Å². The molecule has 28 heavy (non-hydrogen) atoms. The maximum atomic E-state index is 12.9. The first-order valence-corrected chi connectivity index (χ1v) is 8.40. The number of aromatic nitrogens is 5. The van der Waals surface area contributed by atoms with E-state index in [1.54, 1.807) is 18.3 Å². The smallest absolute Gasteiger partial charge is 0.349 e. The molecule has 3 aromatic rings. The number of nitrogens with two attached hydrogens (primary N) is 1. The van der Waals surface area contributed by atoms with Crippen molar-refractivity contribution in [3.05, 3.63) is 64.6 Å². The summed E-state index contributed by atoms with van der Waals surface area (Å²) in [5, 5.41) is 6.11. The van der Waals surface area contributed by atoms with Gasteiger partial charge in [-0.05, 0) is 29.8 Å². The van der Waals surface area contributed by atoms with Crippen LogP contribution < -0.4 is 16.3 Å². The molecule has 0 unspecified atom stereocenters. The molecule has 3 rings (SSSR count). The van der Waals surface area contributed by atoms with Crippen molar-refractivity contribution >= 4 is 5.82 Å². The first-order chi connectivity index (χ1) is 13.4. The quantitative estimate of drug-likeness (QED) is 0.667. The standard InChI is InChI=1S/C18H19F2N7O/c1-26(2)14-4-3-12(10-23-14)11-5-6-22-15(7-11)27-16(24-25-18(27)28)8-13(9-21)17(19)20/h3-7,10H,8-9,21H2,1-2H3,(H,25,28). The fraction of sp³-hybridized carbons (Fsp3) is 0.222. The van der Waals surface area contributed by atoms with Crippen molar-refractivity contribution in [3.63, 3.8) is 0 Å². The van der Waals surface area contributed by atoms with Crippen molar-refractivity contribution in [1.29, 1.82) is 0 Å². The van der Waals surface area contributed by atoms with Crippen LogP contribution in [0.3, 0.4) is 0 Å². The first kappa shape index (κ1) is 19.4. The summed E-state index contributed by atoms with van der Waals surface area (Å²) in [5.41, 5.74) is 6.09. The molecule has 0 aliphatic carbocycles. The van der Waals surface area contributed by atoms with Crippen LogP contribution in [0.5, 0.6) is 0 Å².